The Balaban J connectivity index is 1.89. The van der Waals surface area contributed by atoms with Gasteiger partial charge in [0.05, 0.1) is 17.1 Å². The topological polar surface area (TPSA) is 61.6 Å². The van der Waals surface area contributed by atoms with Gasteiger partial charge < -0.3 is 9.47 Å². The van der Waals surface area contributed by atoms with Gasteiger partial charge in [-0.3, -0.25) is 10.1 Å². The number of hydrogen-bond acceptors (Lipinski definition) is 4. The number of nitro benzene ring substituents is 1. The van der Waals surface area contributed by atoms with Crippen LogP contribution in [0.15, 0.2) is 66.7 Å². The molecule has 0 saturated heterocycles. The van der Waals surface area contributed by atoms with Crippen molar-refractivity contribution in [3.05, 3.63) is 86.2 Å². The summed E-state index contributed by atoms with van der Waals surface area (Å²) in [6, 6.07) is 16.8. The van der Waals surface area contributed by atoms with Crippen LogP contribution in [0.25, 0.3) is 0 Å². The number of non-ortho nitro benzene ring substituents is 1. The van der Waals surface area contributed by atoms with Crippen LogP contribution < -0.4 is 9.47 Å². The first kappa shape index (κ1) is 17.2. The fourth-order valence-electron chi connectivity index (χ4n) is 2.06. The van der Waals surface area contributed by atoms with Crippen LogP contribution in [0, 0.1) is 19.5 Å². The predicted molar refractivity (Wildman–Crippen MR) is 98.8 cm³/mol. The lowest BCUT2D eigenvalue weighted by Crippen LogP contribution is -1.93. The molecule has 0 saturated carbocycles. The van der Waals surface area contributed by atoms with E-state index in [0.29, 0.717) is 11.5 Å². The minimum Gasteiger partial charge on any atom is -0.457 e. The van der Waals surface area contributed by atoms with Gasteiger partial charge in [-0.05, 0) is 71.1 Å². The summed E-state index contributed by atoms with van der Waals surface area (Å²) in [6.07, 6.45) is 0. The van der Waals surface area contributed by atoms with Gasteiger partial charge in [-0.1, -0.05) is 0 Å². The average molecular weight is 451 g/mol. The Morgan fingerprint density at radius 1 is 0.800 bits per heavy atom. The molecular weight excluding hydrogens is 440 g/mol. The van der Waals surface area contributed by atoms with Crippen LogP contribution in [0.5, 0.6) is 23.0 Å². The molecule has 3 rings (SSSR count). The third-order valence-corrected chi connectivity index (χ3v) is 3.89. The van der Waals surface area contributed by atoms with E-state index in [9.17, 15) is 14.5 Å². The molecule has 25 heavy (non-hydrogen) atoms. The Kier molecular flexibility index (Phi) is 5.13. The van der Waals surface area contributed by atoms with Gasteiger partial charge in [0.2, 0.25) is 0 Å². The van der Waals surface area contributed by atoms with Crippen molar-refractivity contribution in [3.8, 4) is 23.0 Å². The molecule has 0 radical (unpaired) electrons. The van der Waals surface area contributed by atoms with E-state index in [1.165, 1.54) is 42.5 Å². The van der Waals surface area contributed by atoms with Crippen LogP contribution in [0.2, 0.25) is 0 Å². The smallest absolute Gasteiger partial charge is 0.276 e. The summed E-state index contributed by atoms with van der Waals surface area (Å²) in [6.45, 7) is 0. The van der Waals surface area contributed by atoms with Gasteiger partial charge in [0.15, 0.2) is 0 Å². The van der Waals surface area contributed by atoms with Crippen LogP contribution in [-0.2, 0) is 0 Å². The van der Waals surface area contributed by atoms with Crippen molar-refractivity contribution in [3.63, 3.8) is 0 Å². The van der Waals surface area contributed by atoms with Gasteiger partial charge in [0.25, 0.3) is 5.69 Å². The van der Waals surface area contributed by atoms with E-state index in [1.54, 1.807) is 12.1 Å². The molecule has 5 nitrogen and oxygen atoms in total. The molecule has 0 heterocycles. The highest BCUT2D eigenvalue weighted by atomic mass is 127. The van der Waals surface area contributed by atoms with Gasteiger partial charge in [-0.25, -0.2) is 4.39 Å². The van der Waals surface area contributed by atoms with Crippen molar-refractivity contribution in [2.45, 2.75) is 0 Å². The van der Waals surface area contributed by atoms with Crippen LogP contribution in [-0.4, -0.2) is 4.92 Å². The molecular formula is C18H11FINO4. The summed E-state index contributed by atoms with van der Waals surface area (Å²) in [5.74, 6) is 1.01. The second-order valence-corrected chi connectivity index (χ2v) is 6.28. The molecule has 0 N–H and O–H groups in total. The van der Waals surface area contributed by atoms with Crippen LogP contribution in [0.3, 0.4) is 0 Å². The molecule has 0 bridgehead atoms. The molecule has 0 spiro atoms. The minimum atomic E-state index is -0.529. The lowest BCUT2D eigenvalue weighted by Gasteiger charge is -2.09. The maximum Gasteiger partial charge on any atom is 0.276 e. The second-order valence-electron chi connectivity index (χ2n) is 5.03. The second kappa shape index (κ2) is 7.47. The van der Waals surface area contributed by atoms with Crippen LogP contribution in [0.4, 0.5) is 10.1 Å². The van der Waals surface area contributed by atoms with Crippen molar-refractivity contribution < 1.29 is 18.8 Å². The number of nitro groups is 1. The Hall–Kier alpha value is -2.68. The zero-order valence-electron chi connectivity index (χ0n) is 12.7. The molecule has 0 aliphatic rings. The zero-order valence-corrected chi connectivity index (χ0v) is 14.8. The van der Waals surface area contributed by atoms with Gasteiger partial charge in [-0.15, -0.1) is 0 Å². The fraction of sp³-hybridized carbons (Fsp3) is 0. The number of halogens is 2. The summed E-state index contributed by atoms with van der Waals surface area (Å²) in [5, 5.41) is 11.1. The summed E-state index contributed by atoms with van der Waals surface area (Å²) in [7, 11) is 0. The minimum absolute atomic E-state index is 0.167. The van der Waals surface area contributed by atoms with E-state index in [4.69, 9.17) is 9.47 Å². The highest BCUT2D eigenvalue weighted by Crippen LogP contribution is 2.33. The molecule has 3 aromatic carbocycles. The Labute approximate surface area is 156 Å². The predicted octanol–water partition coefficient (Wildman–Crippen LogP) is 5.92. The van der Waals surface area contributed by atoms with Gasteiger partial charge in [-0.2, -0.15) is 0 Å². The molecule has 0 atom stereocenters. The van der Waals surface area contributed by atoms with E-state index in [2.05, 4.69) is 22.6 Å². The van der Waals surface area contributed by atoms with E-state index in [-0.39, 0.29) is 17.2 Å². The van der Waals surface area contributed by atoms with Crippen molar-refractivity contribution in [1.29, 1.82) is 0 Å². The first-order chi connectivity index (χ1) is 12.0. The molecule has 0 unspecified atom stereocenters. The SMILES string of the molecule is O=[N+]([O-])c1cc(Oc2ccc(F)cc2)cc(Oc2ccc(I)cc2)c1. The number of benzene rings is 3. The number of hydrogen-bond donors (Lipinski definition) is 0. The molecule has 3 aromatic rings. The summed E-state index contributed by atoms with van der Waals surface area (Å²) < 4.78 is 25.3. The standard InChI is InChI=1S/C18H11FINO4/c19-12-1-5-15(6-2-12)24-17-9-14(21(22)23)10-18(11-17)25-16-7-3-13(20)4-8-16/h1-11H. The molecule has 0 fully saturated rings. The van der Waals surface area contributed by atoms with Crippen LogP contribution >= 0.6 is 22.6 Å². The lowest BCUT2D eigenvalue weighted by molar-refractivity contribution is -0.385. The van der Waals surface area contributed by atoms with E-state index in [1.807, 2.05) is 12.1 Å². The summed E-state index contributed by atoms with van der Waals surface area (Å²) in [4.78, 5) is 10.6. The third-order valence-electron chi connectivity index (χ3n) is 3.17. The van der Waals surface area contributed by atoms with Gasteiger partial charge in [0, 0.05) is 9.64 Å². The fourth-order valence-corrected chi connectivity index (χ4v) is 2.42. The lowest BCUT2D eigenvalue weighted by atomic mass is 10.2. The average Bonchev–Trinajstić information content (AvgIpc) is 2.59. The summed E-state index contributed by atoms with van der Waals surface area (Å²) in [5.41, 5.74) is -0.167. The maximum absolute atomic E-state index is 13.0. The first-order valence-electron chi connectivity index (χ1n) is 7.16. The number of nitrogens with zero attached hydrogens (tertiary/aromatic N) is 1. The number of ether oxygens (including phenoxy) is 2. The first-order valence-corrected chi connectivity index (χ1v) is 8.24. The van der Waals surface area contributed by atoms with Crippen molar-refractivity contribution >= 4 is 28.3 Å². The largest absolute Gasteiger partial charge is 0.457 e. The normalized spacial score (nSPS) is 10.3. The third kappa shape index (κ3) is 4.66. The van der Waals surface area contributed by atoms with Gasteiger partial charge >= 0.3 is 0 Å². The molecule has 126 valence electrons. The van der Waals surface area contributed by atoms with Crippen molar-refractivity contribution in [2.75, 3.05) is 0 Å². The Morgan fingerprint density at radius 2 is 1.28 bits per heavy atom. The van der Waals surface area contributed by atoms with E-state index < -0.39 is 10.7 Å². The molecule has 0 amide bonds. The van der Waals surface area contributed by atoms with Crippen LogP contribution in [0.1, 0.15) is 0 Å². The monoisotopic (exact) mass is 451 g/mol. The zero-order chi connectivity index (χ0) is 17.8. The van der Waals surface area contributed by atoms with E-state index >= 15 is 0 Å². The molecule has 0 aliphatic heterocycles. The Bertz CT molecular complexity index is 832. The highest BCUT2D eigenvalue weighted by Gasteiger charge is 2.13. The molecule has 0 aromatic heterocycles. The molecule has 7 heteroatoms. The van der Waals surface area contributed by atoms with Crippen molar-refractivity contribution in [1.82, 2.24) is 0 Å². The highest BCUT2D eigenvalue weighted by molar-refractivity contribution is 14.1. The van der Waals surface area contributed by atoms with E-state index in [0.717, 1.165) is 3.57 Å². The Morgan fingerprint density at radius 3 is 1.76 bits per heavy atom. The summed E-state index contributed by atoms with van der Waals surface area (Å²) >= 11 is 2.17. The van der Waals surface area contributed by atoms with Crippen molar-refractivity contribution in [2.24, 2.45) is 0 Å². The number of rotatable bonds is 5. The van der Waals surface area contributed by atoms with Gasteiger partial charge in [0.1, 0.15) is 28.8 Å². The quantitative estimate of drug-likeness (QED) is 0.275. The maximum atomic E-state index is 13.0. The molecule has 0 aliphatic carbocycles.